The first-order chi connectivity index (χ1) is 11.9. The second kappa shape index (κ2) is 6.91. The molecular formula is C16H13ClFN3O3S. The van der Waals surface area contributed by atoms with E-state index in [4.69, 9.17) is 16.1 Å². The molecule has 0 bridgehead atoms. The molecule has 0 spiro atoms. The van der Waals surface area contributed by atoms with Crippen molar-refractivity contribution in [3.63, 3.8) is 0 Å². The predicted octanol–water partition coefficient (Wildman–Crippen LogP) is 3.35. The van der Waals surface area contributed by atoms with Crippen molar-refractivity contribution in [1.82, 2.24) is 14.4 Å². The third-order valence-electron chi connectivity index (χ3n) is 3.45. The van der Waals surface area contributed by atoms with Crippen molar-refractivity contribution < 1.29 is 17.3 Å². The minimum atomic E-state index is -3.79. The van der Waals surface area contributed by atoms with Crippen LogP contribution in [0.5, 0.6) is 0 Å². The first-order valence-electron chi connectivity index (χ1n) is 7.17. The normalized spacial score (nSPS) is 11.8. The number of sulfonamides is 1. The lowest BCUT2D eigenvalue weighted by Crippen LogP contribution is -2.26. The lowest BCUT2D eigenvalue weighted by molar-refractivity contribution is 0.336. The van der Waals surface area contributed by atoms with Gasteiger partial charge in [0.15, 0.2) is 0 Å². The number of hydrogen-bond acceptors (Lipinski definition) is 5. The maximum absolute atomic E-state index is 13.0. The highest BCUT2D eigenvalue weighted by molar-refractivity contribution is 7.89. The summed E-state index contributed by atoms with van der Waals surface area (Å²) in [5.74, 6) is -0.0384. The van der Waals surface area contributed by atoms with E-state index in [0.29, 0.717) is 16.4 Å². The van der Waals surface area contributed by atoms with E-state index in [1.54, 1.807) is 24.3 Å². The van der Waals surface area contributed by atoms with E-state index in [0.717, 1.165) is 16.4 Å². The highest BCUT2D eigenvalue weighted by Gasteiger charge is 2.23. The summed E-state index contributed by atoms with van der Waals surface area (Å²) in [5, 5.41) is 4.42. The van der Waals surface area contributed by atoms with E-state index >= 15 is 0 Å². The van der Waals surface area contributed by atoms with Gasteiger partial charge in [-0.1, -0.05) is 16.8 Å². The lowest BCUT2D eigenvalue weighted by Gasteiger charge is -2.14. The van der Waals surface area contributed by atoms with E-state index in [2.05, 4.69) is 10.1 Å². The fourth-order valence-corrected chi connectivity index (χ4v) is 3.34. The molecule has 0 aliphatic carbocycles. The predicted molar refractivity (Wildman–Crippen MR) is 89.8 cm³/mol. The highest BCUT2D eigenvalue weighted by Crippen LogP contribution is 2.20. The van der Waals surface area contributed by atoms with Crippen LogP contribution in [0.25, 0.3) is 11.4 Å². The van der Waals surface area contributed by atoms with Crippen molar-refractivity contribution >= 4 is 21.6 Å². The standard InChI is InChI=1S/C16H13ClFN3O3S/c1-21(25(22,23)14-8-6-13(18)7-9-14)10-15-19-16(20-24-15)11-2-4-12(17)5-3-11/h2-9H,10H2,1H3. The van der Waals surface area contributed by atoms with Gasteiger partial charge in [-0.3, -0.25) is 0 Å². The quantitative estimate of drug-likeness (QED) is 0.677. The van der Waals surface area contributed by atoms with Gasteiger partial charge < -0.3 is 4.52 Å². The van der Waals surface area contributed by atoms with Crippen LogP contribution in [0.15, 0.2) is 57.9 Å². The Labute approximate surface area is 148 Å². The molecule has 3 rings (SSSR count). The van der Waals surface area contributed by atoms with Gasteiger partial charge >= 0.3 is 0 Å². The summed E-state index contributed by atoms with van der Waals surface area (Å²) in [5.41, 5.74) is 0.698. The second-order valence-corrected chi connectivity index (χ2v) is 7.71. The van der Waals surface area contributed by atoms with E-state index < -0.39 is 15.8 Å². The van der Waals surface area contributed by atoms with Crippen LogP contribution < -0.4 is 0 Å². The van der Waals surface area contributed by atoms with Crippen LogP contribution in [0.1, 0.15) is 5.89 Å². The molecular weight excluding hydrogens is 369 g/mol. The smallest absolute Gasteiger partial charge is 0.243 e. The summed E-state index contributed by atoms with van der Waals surface area (Å²) >= 11 is 5.83. The Morgan fingerprint density at radius 3 is 2.40 bits per heavy atom. The Hall–Kier alpha value is -2.29. The Morgan fingerprint density at radius 1 is 1.12 bits per heavy atom. The van der Waals surface area contributed by atoms with Crippen molar-refractivity contribution in [3.05, 3.63) is 65.3 Å². The van der Waals surface area contributed by atoms with Gasteiger partial charge in [0.1, 0.15) is 5.82 Å². The van der Waals surface area contributed by atoms with Crippen molar-refractivity contribution in [1.29, 1.82) is 0 Å². The number of benzene rings is 2. The second-order valence-electron chi connectivity index (χ2n) is 5.23. The average molecular weight is 382 g/mol. The average Bonchev–Trinajstić information content (AvgIpc) is 3.04. The van der Waals surface area contributed by atoms with Crippen molar-refractivity contribution in [2.45, 2.75) is 11.4 Å². The molecule has 0 N–H and O–H groups in total. The molecule has 6 nitrogen and oxygen atoms in total. The number of halogens is 2. The SMILES string of the molecule is CN(Cc1nc(-c2ccc(Cl)cc2)no1)S(=O)(=O)c1ccc(F)cc1. The molecule has 0 unspecified atom stereocenters. The molecule has 2 aromatic carbocycles. The summed E-state index contributed by atoms with van der Waals surface area (Å²) in [6.07, 6.45) is 0. The number of hydrogen-bond donors (Lipinski definition) is 0. The molecule has 0 amide bonds. The molecule has 0 saturated heterocycles. The molecule has 1 aromatic heterocycles. The van der Waals surface area contributed by atoms with Crippen LogP contribution in [0.3, 0.4) is 0 Å². The zero-order valence-corrected chi connectivity index (χ0v) is 14.6. The maximum atomic E-state index is 13.0. The maximum Gasteiger partial charge on any atom is 0.243 e. The van der Waals surface area contributed by atoms with Crippen molar-refractivity contribution in [3.8, 4) is 11.4 Å². The minimum Gasteiger partial charge on any atom is -0.338 e. The van der Waals surface area contributed by atoms with Gasteiger partial charge in [0.05, 0.1) is 11.4 Å². The van der Waals surface area contributed by atoms with Gasteiger partial charge in [-0.2, -0.15) is 9.29 Å². The largest absolute Gasteiger partial charge is 0.338 e. The van der Waals surface area contributed by atoms with E-state index in [1.807, 2.05) is 0 Å². The van der Waals surface area contributed by atoms with Crippen LogP contribution in [-0.4, -0.2) is 29.9 Å². The summed E-state index contributed by atoms with van der Waals surface area (Å²) < 4.78 is 44.0. The Kier molecular flexibility index (Phi) is 4.85. The zero-order valence-electron chi connectivity index (χ0n) is 13.1. The summed E-state index contributed by atoms with van der Waals surface area (Å²) in [6.45, 7) is -0.111. The van der Waals surface area contributed by atoms with Crippen LogP contribution in [0.4, 0.5) is 4.39 Å². The van der Waals surface area contributed by atoms with Gasteiger partial charge in [0.2, 0.25) is 21.7 Å². The van der Waals surface area contributed by atoms with Gasteiger partial charge in [0, 0.05) is 17.6 Å². The van der Waals surface area contributed by atoms with E-state index in [1.165, 1.54) is 19.2 Å². The molecule has 1 heterocycles. The summed E-state index contributed by atoms with van der Waals surface area (Å²) in [4.78, 5) is 4.16. The van der Waals surface area contributed by atoms with Gasteiger partial charge in [-0.15, -0.1) is 0 Å². The van der Waals surface area contributed by atoms with E-state index in [-0.39, 0.29) is 17.3 Å². The molecule has 0 radical (unpaired) electrons. The summed E-state index contributed by atoms with van der Waals surface area (Å²) in [7, 11) is -2.41. The molecule has 3 aromatic rings. The monoisotopic (exact) mass is 381 g/mol. The zero-order chi connectivity index (χ0) is 18.0. The van der Waals surface area contributed by atoms with Gasteiger partial charge in [-0.25, -0.2) is 12.8 Å². The van der Waals surface area contributed by atoms with Crippen molar-refractivity contribution in [2.75, 3.05) is 7.05 Å². The lowest BCUT2D eigenvalue weighted by atomic mass is 10.2. The third kappa shape index (κ3) is 3.87. The molecule has 0 saturated carbocycles. The molecule has 130 valence electrons. The third-order valence-corrected chi connectivity index (χ3v) is 5.52. The Balaban J connectivity index is 1.78. The molecule has 9 heteroatoms. The van der Waals surface area contributed by atoms with E-state index in [9.17, 15) is 12.8 Å². The van der Waals surface area contributed by atoms with Crippen LogP contribution in [0, 0.1) is 5.82 Å². The van der Waals surface area contributed by atoms with Gasteiger partial charge in [-0.05, 0) is 48.5 Å². The topological polar surface area (TPSA) is 76.3 Å². The molecule has 0 aliphatic rings. The number of rotatable bonds is 5. The molecule has 0 fully saturated rings. The fourth-order valence-electron chi connectivity index (χ4n) is 2.10. The highest BCUT2D eigenvalue weighted by atomic mass is 35.5. The molecule has 0 aliphatic heterocycles. The van der Waals surface area contributed by atoms with Gasteiger partial charge in [0.25, 0.3) is 0 Å². The molecule has 0 atom stereocenters. The molecule has 25 heavy (non-hydrogen) atoms. The summed E-state index contributed by atoms with van der Waals surface area (Å²) in [6, 6.07) is 11.4. The first-order valence-corrected chi connectivity index (χ1v) is 8.98. The van der Waals surface area contributed by atoms with Crippen LogP contribution in [-0.2, 0) is 16.6 Å². The fraction of sp³-hybridized carbons (Fsp3) is 0.125. The van der Waals surface area contributed by atoms with Crippen LogP contribution in [0.2, 0.25) is 5.02 Å². The first kappa shape index (κ1) is 17.5. The van der Waals surface area contributed by atoms with Crippen molar-refractivity contribution in [2.24, 2.45) is 0 Å². The Bertz CT molecular complexity index is 973. The Morgan fingerprint density at radius 2 is 1.76 bits per heavy atom. The number of aromatic nitrogens is 2. The minimum absolute atomic E-state index is 0.0196. The number of nitrogens with zero attached hydrogens (tertiary/aromatic N) is 3. The van der Waals surface area contributed by atoms with Crippen LogP contribution >= 0.6 is 11.6 Å².